The summed E-state index contributed by atoms with van der Waals surface area (Å²) in [5.74, 6) is -0.127. The third kappa shape index (κ3) is 3.20. The van der Waals surface area contributed by atoms with E-state index >= 15 is 0 Å². The van der Waals surface area contributed by atoms with Gasteiger partial charge >= 0.3 is 0 Å². The number of nitrogens with zero attached hydrogens (tertiary/aromatic N) is 1. The lowest BCUT2D eigenvalue weighted by molar-refractivity contribution is 0.102. The molecule has 22 heavy (non-hydrogen) atoms. The molecule has 0 atom stereocenters. The number of benzene rings is 2. The third-order valence-electron chi connectivity index (χ3n) is 3.17. The monoisotopic (exact) mass is 420 g/mol. The zero-order valence-electron chi connectivity index (χ0n) is 11.8. The van der Waals surface area contributed by atoms with E-state index in [2.05, 4.69) is 32.9 Å². The topological polar surface area (TPSA) is 42.0 Å². The predicted molar refractivity (Wildman–Crippen MR) is 99.4 cm³/mol. The minimum Gasteiger partial charge on any atom is -0.298 e. The number of carbonyl (C=O) groups excluding carboxylic acids is 1. The Hall–Kier alpha value is -1.73. The Labute approximate surface area is 146 Å². The Morgan fingerprint density at radius 3 is 2.50 bits per heavy atom. The summed E-state index contributed by atoms with van der Waals surface area (Å²) in [7, 11) is 0. The molecule has 3 aromatic rings. The fourth-order valence-corrected chi connectivity index (χ4v) is 3.72. The van der Waals surface area contributed by atoms with Gasteiger partial charge in [0, 0.05) is 3.57 Å². The van der Waals surface area contributed by atoms with E-state index in [1.54, 1.807) is 0 Å². The van der Waals surface area contributed by atoms with E-state index < -0.39 is 0 Å². The number of amides is 1. The predicted octanol–water partition coefficient (Wildman–Crippen LogP) is 4.98. The lowest BCUT2D eigenvalue weighted by Crippen LogP contribution is -2.13. The van der Waals surface area contributed by atoms with Crippen molar-refractivity contribution in [3.05, 3.63) is 69.4 Å². The largest absolute Gasteiger partial charge is 0.298 e. The van der Waals surface area contributed by atoms with Gasteiger partial charge in [-0.3, -0.25) is 10.1 Å². The highest BCUT2D eigenvalue weighted by atomic mass is 127. The zero-order chi connectivity index (χ0) is 15.5. The quantitative estimate of drug-likeness (QED) is 0.608. The Morgan fingerprint density at radius 1 is 1.09 bits per heavy atom. The average Bonchev–Trinajstić information content (AvgIpc) is 2.89. The van der Waals surface area contributed by atoms with Crippen LogP contribution in [0.3, 0.4) is 0 Å². The number of anilines is 1. The molecule has 1 amide bonds. The standard InChI is InChI=1S/C17H13IN2OS/c1-11-15(12-7-3-2-4-8-12)22-17(19-11)20-16(21)13-9-5-6-10-14(13)18/h2-10H,1H3,(H,19,20,21). The van der Waals surface area contributed by atoms with Gasteiger partial charge in [-0.25, -0.2) is 4.98 Å². The maximum atomic E-state index is 12.3. The van der Waals surface area contributed by atoms with Gasteiger partial charge < -0.3 is 0 Å². The Balaban J connectivity index is 1.86. The molecule has 0 radical (unpaired) electrons. The third-order valence-corrected chi connectivity index (χ3v) is 5.23. The van der Waals surface area contributed by atoms with E-state index in [9.17, 15) is 4.79 Å². The maximum Gasteiger partial charge on any atom is 0.258 e. The van der Waals surface area contributed by atoms with Crippen LogP contribution in [0.2, 0.25) is 0 Å². The summed E-state index contributed by atoms with van der Waals surface area (Å²) >= 11 is 3.66. The molecule has 0 spiro atoms. The summed E-state index contributed by atoms with van der Waals surface area (Å²) < 4.78 is 0.925. The first-order chi connectivity index (χ1) is 10.6. The molecule has 0 bridgehead atoms. The minimum atomic E-state index is -0.127. The van der Waals surface area contributed by atoms with Crippen molar-refractivity contribution in [2.24, 2.45) is 0 Å². The number of aryl methyl sites for hydroxylation is 1. The normalized spacial score (nSPS) is 10.5. The maximum absolute atomic E-state index is 12.3. The molecule has 0 aliphatic heterocycles. The van der Waals surface area contributed by atoms with Gasteiger partial charge in [0.1, 0.15) is 0 Å². The highest BCUT2D eigenvalue weighted by Crippen LogP contribution is 2.32. The molecule has 3 rings (SSSR count). The summed E-state index contributed by atoms with van der Waals surface area (Å²) in [6.07, 6.45) is 0. The summed E-state index contributed by atoms with van der Waals surface area (Å²) in [6.45, 7) is 1.96. The van der Waals surface area contributed by atoms with Crippen LogP contribution in [0, 0.1) is 10.5 Å². The molecule has 0 saturated carbocycles. The van der Waals surface area contributed by atoms with E-state index in [-0.39, 0.29) is 5.91 Å². The van der Waals surface area contributed by atoms with Gasteiger partial charge in [-0.1, -0.05) is 53.8 Å². The number of rotatable bonds is 3. The lowest BCUT2D eigenvalue weighted by Gasteiger charge is -2.03. The number of hydrogen-bond acceptors (Lipinski definition) is 3. The van der Waals surface area contributed by atoms with E-state index in [1.807, 2.05) is 61.5 Å². The second-order valence-corrected chi connectivity index (χ2v) is 6.89. The summed E-state index contributed by atoms with van der Waals surface area (Å²) in [4.78, 5) is 17.9. The number of thiazole rings is 1. The van der Waals surface area contributed by atoms with Crippen molar-refractivity contribution in [3.63, 3.8) is 0 Å². The molecule has 1 aromatic heterocycles. The molecule has 0 aliphatic carbocycles. The minimum absolute atomic E-state index is 0.127. The van der Waals surface area contributed by atoms with Crippen LogP contribution in [0.25, 0.3) is 10.4 Å². The molecule has 2 aromatic carbocycles. The molecule has 0 aliphatic rings. The van der Waals surface area contributed by atoms with Crippen LogP contribution in [0.15, 0.2) is 54.6 Å². The molecule has 110 valence electrons. The summed E-state index contributed by atoms with van der Waals surface area (Å²) in [5, 5.41) is 3.52. The zero-order valence-corrected chi connectivity index (χ0v) is 14.8. The first kappa shape index (κ1) is 15.2. The lowest BCUT2D eigenvalue weighted by atomic mass is 10.2. The number of nitrogens with one attached hydrogen (secondary N) is 1. The average molecular weight is 420 g/mol. The smallest absolute Gasteiger partial charge is 0.258 e. The molecule has 3 nitrogen and oxygen atoms in total. The van der Waals surface area contributed by atoms with Gasteiger partial charge in [-0.05, 0) is 47.2 Å². The summed E-state index contributed by atoms with van der Waals surface area (Å²) in [5.41, 5.74) is 2.71. The van der Waals surface area contributed by atoms with Gasteiger partial charge in [0.25, 0.3) is 5.91 Å². The van der Waals surface area contributed by atoms with Crippen molar-refractivity contribution in [2.75, 3.05) is 5.32 Å². The van der Waals surface area contributed by atoms with Crippen LogP contribution < -0.4 is 5.32 Å². The first-order valence-corrected chi connectivity index (χ1v) is 8.63. The molecule has 1 heterocycles. The number of aromatic nitrogens is 1. The van der Waals surface area contributed by atoms with Crippen molar-refractivity contribution in [1.82, 2.24) is 4.98 Å². The van der Waals surface area contributed by atoms with E-state index in [4.69, 9.17) is 0 Å². The highest BCUT2D eigenvalue weighted by molar-refractivity contribution is 14.1. The van der Waals surface area contributed by atoms with Crippen molar-refractivity contribution in [3.8, 4) is 10.4 Å². The van der Waals surface area contributed by atoms with E-state index in [1.165, 1.54) is 11.3 Å². The van der Waals surface area contributed by atoms with Crippen molar-refractivity contribution >= 4 is 45.0 Å². The van der Waals surface area contributed by atoms with Crippen molar-refractivity contribution in [2.45, 2.75) is 6.92 Å². The van der Waals surface area contributed by atoms with Gasteiger partial charge in [0.05, 0.1) is 16.1 Å². The molecule has 0 unspecified atom stereocenters. The van der Waals surface area contributed by atoms with Crippen LogP contribution in [0.4, 0.5) is 5.13 Å². The molecule has 5 heteroatoms. The Kier molecular flexibility index (Phi) is 4.54. The van der Waals surface area contributed by atoms with Crippen LogP contribution in [-0.4, -0.2) is 10.9 Å². The molecule has 0 saturated heterocycles. The molecule has 0 fully saturated rings. The number of carbonyl (C=O) groups is 1. The van der Waals surface area contributed by atoms with Crippen LogP contribution in [0.5, 0.6) is 0 Å². The highest BCUT2D eigenvalue weighted by Gasteiger charge is 2.14. The number of halogens is 1. The first-order valence-electron chi connectivity index (χ1n) is 6.74. The second-order valence-electron chi connectivity index (χ2n) is 4.73. The Morgan fingerprint density at radius 2 is 1.77 bits per heavy atom. The molecular formula is C17H13IN2OS. The van der Waals surface area contributed by atoms with Gasteiger partial charge in [-0.15, -0.1) is 0 Å². The van der Waals surface area contributed by atoms with Gasteiger partial charge in [0.2, 0.25) is 0 Å². The second kappa shape index (κ2) is 6.58. The van der Waals surface area contributed by atoms with Crippen LogP contribution >= 0.6 is 33.9 Å². The molecule has 1 N–H and O–H groups in total. The number of hydrogen-bond donors (Lipinski definition) is 1. The Bertz CT molecular complexity index is 815. The van der Waals surface area contributed by atoms with Gasteiger partial charge in [-0.2, -0.15) is 0 Å². The fourth-order valence-electron chi connectivity index (χ4n) is 2.12. The van der Waals surface area contributed by atoms with Crippen molar-refractivity contribution < 1.29 is 4.79 Å². The fraction of sp³-hybridized carbons (Fsp3) is 0.0588. The SMILES string of the molecule is Cc1nc(NC(=O)c2ccccc2I)sc1-c1ccccc1. The van der Waals surface area contributed by atoms with Crippen LogP contribution in [0.1, 0.15) is 16.1 Å². The van der Waals surface area contributed by atoms with Gasteiger partial charge in [0.15, 0.2) is 5.13 Å². The van der Waals surface area contributed by atoms with Crippen LogP contribution in [-0.2, 0) is 0 Å². The molecular weight excluding hydrogens is 407 g/mol. The summed E-state index contributed by atoms with van der Waals surface area (Å²) in [6, 6.07) is 17.6. The van der Waals surface area contributed by atoms with E-state index in [0.717, 1.165) is 19.7 Å². The van der Waals surface area contributed by atoms with Crippen molar-refractivity contribution in [1.29, 1.82) is 0 Å². The van der Waals surface area contributed by atoms with E-state index in [0.29, 0.717) is 10.7 Å².